The van der Waals surface area contributed by atoms with Crippen molar-refractivity contribution in [1.29, 1.82) is 0 Å². The van der Waals surface area contributed by atoms with Crippen molar-refractivity contribution in [1.82, 2.24) is 9.78 Å². The largest absolute Gasteiger partial charge is 0.463 e. The van der Waals surface area contributed by atoms with Gasteiger partial charge in [0.15, 0.2) is 0 Å². The SMILES string of the molecule is CCOC(=O)/C=C/Cn1cc(Br)cn1. The highest BCUT2D eigenvalue weighted by Gasteiger charge is 1.94. The molecule has 0 aliphatic rings. The molecule has 0 saturated carbocycles. The number of hydrogen-bond acceptors (Lipinski definition) is 3. The zero-order chi connectivity index (χ0) is 10.4. The van der Waals surface area contributed by atoms with Crippen molar-refractivity contribution in [2.75, 3.05) is 6.61 Å². The van der Waals surface area contributed by atoms with Gasteiger partial charge in [-0.3, -0.25) is 4.68 Å². The van der Waals surface area contributed by atoms with Crippen LogP contribution >= 0.6 is 15.9 Å². The third kappa shape index (κ3) is 3.74. The highest BCUT2D eigenvalue weighted by atomic mass is 79.9. The Balaban J connectivity index is 2.36. The van der Waals surface area contributed by atoms with Gasteiger partial charge >= 0.3 is 5.97 Å². The number of rotatable bonds is 4. The summed E-state index contributed by atoms with van der Waals surface area (Å²) >= 11 is 3.28. The molecule has 0 N–H and O–H groups in total. The molecule has 76 valence electrons. The second kappa shape index (κ2) is 5.59. The van der Waals surface area contributed by atoms with Gasteiger partial charge in [0.25, 0.3) is 0 Å². The molecule has 1 heterocycles. The number of allylic oxidation sites excluding steroid dienone is 1. The molecular weight excluding hydrogens is 248 g/mol. The number of carbonyl (C=O) groups excluding carboxylic acids is 1. The summed E-state index contributed by atoms with van der Waals surface area (Å²) in [5.41, 5.74) is 0. The van der Waals surface area contributed by atoms with Gasteiger partial charge in [-0.1, -0.05) is 6.08 Å². The van der Waals surface area contributed by atoms with Crippen LogP contribution in [0.25, 0.3) is 0 Å². The van der Waals surface area contributed by atoms with E-state index in [4.69, 9.17) is 4.74 Å². The molecule has 0 spiro atoms. The summed E-state index contributed by atoms with van der Waals surface area (Å²) in [5.74, 6) is -0.321. The third-order valence-corrected chi connectivity index (χ3v) is 1.84. The highest BCUT2D eigenvalue weighted by Crippen LogP contribution is 2.05. The first-order valence-corrected chi connectivity index (χ1v) is 5.03. The van der Waals surface area contributed by atoms with Crippen LogP contribution in [-0.4, -0.2) is 22.4 Å². The fourth-order valence-corrected chi connectivity index (χ4v) is 1.21. The van der Waals surface area contributed by atoms with Crippen LogP contribution in [0, 0.1) is 0 Å². The van der Waals surface area contributed by atoms with Crippen molar-refractivity contribution in [3.05, 3.63) is 29.0 Å². The Morgan fingerprint density at radius 2 is 2.57 bits per heavy atom. The molecule has 0 aliphatic heterocycles. The molecule has 1 rings (SSSR count). The van der Waals surface area contributed by atoms with Gasteiger partial charge < -0.3 is 4.74 Å². The minimum absolute atomic E-state index is 0.321. The van der Waals surface area contributed by atoms with E-state index in [-0.39, 0.29) is 5.97 Å². The van der Waals surface area contributed by atoms with E-state index >= 15 is 0 Å². The van der Waals surface area contributed by atoms with E-state index in [2.05, 4.69) is 21.0 Å². The summed E-state index contributed by atoms with van der Waals surface area (Å²) < 4.78 is 7.35. The van der Waals surface area contributed by atoms with Crippen molar-refractivity contribution in [3.8, 4) is 0 Å². The first kappa shape index (κ1) is 11.0. The van der Waals surface area contributed by atoms with Crippen molar-refractivity contribution >= 4 is 21.9 Å². The molecule has 0 aliphatic carbocycles. The first-order chi connectivity index (χ1) is 6.72. The van der Waals surface area contributed by atoms with Crippen LogP contribution in [-0.2, 0) is 16.1 Å². The maximum Gasteiger partial charge on any atom is 0.330 e. The number of ether oxygens (including phenoxy) is 1. The molecule has 5 heteroatoms. The molecule has 0 amide bonds. The van der Waals surface area contributed by atoms with Gasteiger partial charge in [0.2, 0.25) is 0 Å². The van der Waals surface area contributed by atoms with E-state index in [0.717, 1.165) is 4.47 Å². The maximum atomic E-state index is 10.9. The Morgan fingerprint density at radius 1 is 1.79 bits per heavy atom. The minimum atomic E-state index is -0.321. The van der Waals surface area contributed by atoms with Crippen LogP contribution in [0.4, 0.5) is 0 Å². The molecule has 0 unspecified atom stereocenters. The smallest absolute Gasteiger partial charge is 0.330 e. The second-order valence-corrected chi connectivity index (χ2v) is 3.45. The van der Waals surface area contributed by atoms with Crippen LogP contribution in [0.3, 0.4) is 0 Å². The Bertz CT molecular complexity index is 333. The van der Waals surface area contributed by atoms with Gasteiger partial charge in [0.05, 0.1) is 23.8 Å². The lowest BCUT2D eigenvalue weighted by atomic mass is 10.5. The van der Waals surface area contributed by atoms with Gasteiger partial charge in [-0.25, -0.2) is 4.79 Å². The molecule has 0 fully saturated rings. The zero-order valence-corrected chi connectivity index (χ0v) is 9.40. The Hall–Kier alpha value is -1.10. The van der Waals surface area contributed by atoms with Crippen LogP contribution in [0.5, 0.6) is 0 Å². The van der Waals surface area contributed by atoms with Crippen molar-refractivity contribution in [3.63, 3.8) is 0 Å². The molecule has 14 heavy (non-hydrogen) atoms. The number of aromatic nitrogens is 2. The lowest BCUT2D eigenvalue weighted by Gasteiger charge is -1.95. The van der Waals surface area contributed by atoms with Gasteiger partial charge in [0.1, 0.15) is 0 Å². The number of carbonyl (C=O) groups is 1. The third-order valence-electron chi connectivity index (χ3n) is 1.43. The molecule has 0 aromatic carbocycles. The predicted octanol–water partition coefficient (Wildman–Crippen LogP) is 1.76. The summed E-state index contributed by atoms with van der Waals surface area (Å²) in [7, 11) is 0. The van der Waals surface area contributed by atoms with E-state index < -0.39 is 0 Å². The van der Waals surface area contributed by atoms with E-state index in [9.17, 15) is 4.79 Å². The lowest BCUT2D eigenvalue weighted by Crippen LogP contribution is -2.00. The molecular formula is C9H11BrN2O2. The van der Waals surface area contributed by atoms with E-state index in [0.29, 0.717) is 13.2 Å². The normalized spacial score (nSPS) is 10.7. The van der Waals surface area contributed by atoms with Crippen LogP contribution in [0.2, 0.25) is 0 Å². The van der Waals surface area contributed by atoms with Gasteiger partial charge in [-0.15, -0.1) is 0 Å². The standard InChI is InChI=1S/C9H11BrN2O2/c1-2-14-9(13)4-3-5-12-7-8(10)6-11-12/h3-4,6-7H,2,5H2,1H3/b4-3+. The number of halogens is 1. The summed E-state index contributed by atoms with van der Waals surface area (Å²) in [6.45, 7) is 2.73. The molecule has 1 aromatic rings. The Labute approximate surface area is 90.7 Å². The van der Waals surface area contributed by atoms with Gasteiger partial charge in [-0.2, -0.15) is 5.10 Å². The Morgan fingerprint density at radius 3 is 3.14 bits per heavy atom. The number of esters is 1. The number of hydrogen-bond donors (Lipinski definition) is 0. The summed E-state index contributed by atoms with van der Waals surface area (Å²) in [6.07, 6.45) is 6.63. The summed E-state index contributed by atoms with van der Waals surface area (Å²) in [4.78, 5) is 10.9. The van der Waals surface area contributed by atoms with Crippen molar-refractivity contribution in [2.45, 2.75) is 13.5 Å². The first-order valence-electron chi connectivity index (χ1n) is 4.23. The molecule has 4 nitrogen and oxygen atoms in total. The fourth-order valence-electron chi connectivity index (χ4n) is 0.885. The maximum absolute atomic E-state index is 10.9. The van der Waals surface area contributed by atoms with E-state index in [1.54, 1.807) is 23.9 Å². The quantitative estimate of drug-likeness (QED) is 0.611. The molecule has 0 bridgehead atoms. The average molecular weight is 259 g/mol. The average Bonchev–Trinajstić information content (AvgIpc) is 2.52. The molecule has 1 aromatic heterocycles. The second-order valence-electron chi connectivity index (χ2n) is 2.54. The molecule has 0 atom stereocenters. The molecule has 0 radical (unpaired) electrons. The minimum Gasteiger partial charge on any atom is -0.463 e. The summed E-state index contributed by atoms with van der Waals surface area (Å²) in [5, 5.41) is 4.03. The lowest BCUT2D eigenvalue weighted by molar-refractivity contribution is -0.137. The predicted molar refractivity (Wildman–Crippen MR) is 55.7 cm³/mol. The number of nitrogens with zero attached hydrogens (tertiary/aromatic N) is 2. The van der Waals surface area contributed by atoms with Crippen LogP contribution in [0.15, 0.2) is 29.0 Å². The van der Waals surface area contributed by atoms with Gasteiger partial charge in [-0.05, 0) is 22.9 Å². The van der Waals surface area contributed by atoms with Crippen molar-refractivity contribution < 1.29 is 9.53 Å². The topological polar surface area (TPSA) is 44.1 Å². The monoisotopic (exact) mass is 258 g/mol. The van der Waals surface area contributed by atoms with Gasteiger partial charge in [0, 0.05) is 12.3 Å². The Kier molecular flexibility index (Phi) is 4.39. The van der Waals surface area contributed by atoms with E-state index in [1.807, 2.05) is 6.20 Å². The fraction of sp³-hybridized carbons (Fsp3) is 0.333. The zero-order valence-electron chi connectivity index (χ0n) is 7.81. The highest BCUT2D eigenvalue weighted by molar-refractivity contribution is 9.10. The van der Waals surface area contributed by atoms with E-state index in [1.165, 1.54) is 6.08 Å². The summed E-state index contributed by atoms with van der Waals surface area (Å²) in [6, 6.07) is 0. The van der Waals surface area contributed by atoms with Crippen molar-refractivity contribution in [2.24, 2.45) is 0 Å². The van der Waals surface area contributed by atoms with Crippen LogP contribution in [0.1, 0.15) is 6.92 Å². The van der Waals surface area contributed by atoms with Crippen LogP contribution < -0.4 is 0 Å². The molecule has 0 saturated heterocycles.